The Bertz CT molecular complexity index is 174. The van der Waals surface area contributed by atoms with Crippen molar-refractivity contribution < 1.29 is 9.84 Å². The van der Waals surface area contributed by atoms with E-state index in [9.17, 15) is 0 Å². The van der Waals surface area contributed by atoms with Crippen LogP contribution in [0.25, 0.3) is 0 Å². The zero-order valence-electron chi connectivity index (χ0n) is 5.65. The van der Waals surface area contributed by atoms with Crippen LogP contribution in [0, 0.1) is 0 Å². The summed E-state index contributed by atoms with van der Waals surface area (Å²) in [7, 11) is 0. The number of hydrogen-bond acceptors (Lipinski definition) is 4. The van der Waals surface area contributed by atoms with Crippen LogP contribution < -0.4 is 4.74 Å². The van der Waals surface area contributed by atoms with Crippen molar-refractivity contribution in [3.05, 3.63) is 11.6 Å². The van der Waals surface area contributed by atoms with Crippen LogP contribution in [0.3, 0.4) is 0 Å². The average molecular weight is 159 g/mol. The van der Waals surface area contributed by atoms with Gasteiger partial charge in [0.05, 0.1) is 17.7 Å². The molecule has 1 unspecified atom stereocenters. The molecule has 1 rings (SSSR count). The maximum absolute atomic E-state index is 8.81. The van der Waals surface area contributed by atoms with Crippen LogP contribution in [0.5, 0.6) is 5.75 Å². The van der Waals surface area contributed by atoms with Crippen molar-refractivity contribution >= 4 is 11.5 Å². The molecule has 0 saturated carbocycles. The van der Waals surface area contributed by atoms with Crippen LogP contribution in [0.2, 0.25) is 0 Å². The Kier molecular flexibility index (Phi) is 2.65. The summed E-state index contributed by atoms with van der Waals surface area (Å²) in [4.78, 5) is 0. The van der Waals surface area contributed by atoms with E-state index in [0.717, 1.165) is 5.75 Å². The fourth-order valence-corrected chi connectivity index (χ4v) is 0.942. The van der Waals surface area contributed by atoms with E-state index < -0.39 is 6.10 Å². The molecule has 1 aromatic heterocycles. The SMILES string of the molecule is CC(O)COc1cnsc1. The van der Waals surface area contributed by atoms with Gasteiger partial charge in [0.15, 0.2) is 0 Å². The molecule has 10 heavy (non-hydrogen) atoms. The smallest absolute Gasteiger partial charge is 0.150 e. The lowest BCUT2D eigenvalue weighted by atomic mass is 10.4. The Morgan fingerprint density at radius 2 is 2.70 bits per heavy atom. The standard InChI is InChI=1S/C6H9NO2S/c1-5(8)3-9-6-2-7-10-4-6/h2,4-5,8H,3H2,1H3. The topological polar surface area (TPSA) is 42.4 Å². The number of ether oxygens (including phenoxy) is 1. The van der Waals surface area contributed by atoms with E-state index in [1.165, 1.54) is 11.5 Å². The fourth-order valence-electron chi connectivity index (χ4n) is 0.483. The lowest BCUT2D eigenvalue weighted by Gasteiger charge is -2.03. The summed E-state index contributed by atoms with van der Waals surface area (Å²) in [6.45, 7) is 2.01. The van der Waals surface area contributed by atoms with Gasteiger partial charge in [0.1, 0.15) is 12.4 Å². The molecule has 0 aliphatic carbocycles. The van der Waals surface area contributed by atoms with Gasteiger partial charge in [0.25, 0.3) is 0 Å². The zero-order chi connectivity index (χ0) is 7.40. The van der Waals surface area contributed by atoms with E-state index in [1.807, 2.05) is 0 Å². The third-order valence-corrected chi connectivity index (χ3v) is 1.47. The first-order chi connectivity index (χ1) is 4.79. The van der Waals surface area contributed by atoms with Gasteiger partial charge in [-0.2, -0.15) is 4.37 Å². The van der Waals surface area contributed by atoms with E-state index in [4.69, 9.17) is 9.84 Å². The maximum atomic E-state index is 8.81. The number of aliphatic hydroxyl groups is 1. The highest BCUT2D eigenvalue weighted by Crippen LogP contribution is 2.10. The molecule has 1 heterocycles. The fraction of sp³-hybridized carbons (Fsp3) is 0.500. The first-order valence-electron chi connectivity index (χ1n) is 2.99. The second-order valence-electron chi connectivity index (χ2n) is 2.02. The van der Waals surface area contributed by atoms with Gasteiger partial charge >= 0.3 is 0 Å². The quantitative estimate of drug-likeness (QED) is 0.712. The molecule has 0 fully saturated rings. The molecule has 0 spiro atoms. The van der Waals surface area contributed by atoms with Gasteiger partial charge in [-0.1, -0.05) is 0 Å². The molecular weight excluding hydrogens is 150 g/mol. The monoisotopic (exact) mass is 159 g/mol. The van der Waals surface area contributed by atoms with Crippen molar-refractivity contribution in [2.24, 2.45) is 0 Å². The van der Waals surface area contributed by atoms with E-state index in [1.54, 1.807) is 18.5 Å². The van der Waals surface area contributed by atoms with Crippen LogP contribution in [0.15, 0.2) is 11.6 Å². The van der Waals surface area contributed by atoms with Gasteiger partial charge in [0.2, 0.25) is 0 Å². The molecular formula is C6H9NO2S. The van der Waals surface area contributed by atoms with Crippen molar-refractivity contribution in [3.8, 4) is 5.75 Å². The van der Waals surface area contributed by atoms with Gasteiger partial charge in [-0.25, -0.2) is 0 Å². The summed E-state index contributed by atoms with van der Waals surface area (Å²) in [6.07, 6.45) is 1.22. The molecule has 56 valence electrons. The Hall–Kier alpha value is -0.610. The molecule has 0 aliphatic rings. The van der Waals surface area contributed by atoms with Crippen molar-refractivity contribution in [3.63, 3.8) is 0 Å². The molecule has 0 aromatic carbocycles. The summed E-state index contributed by atoms with van der Waals surface area (Å²) in [5.74, 6) is 0.728. The molecule has 3 nitrogen and oxygen atoms in total. The lowest BCUT2D eigenvalue weighted by molar-refractivity contribution is 0.123. The maximum Gasteiger partial charge on any atom is 0.150 e. The van der Waals surface area contributed by atoms with E-state index in [-0.39, 0.29) is 0 Å². The summed E-state index contributed by atoms with van der Waals surface area (Å²) in [6, 6.07) is 0. The Morgan fingerprint density at radius 3 is 3.20 bits per heavy atom. The van der Waals surface area contributed by atoms with E-state index in [2.05, 4.69) is 4.37 Å². The van der Waals surface area contributed by atoms with Crippen molar-refractivity contribution in [1.82, 2.24) is 4.37 Å². The normalized spacial score (nSPS) is 13.0. The predicted molar refractivity (Wildman–Crippen MR) is 39.3 cm³/mol. The van der Waals surface area contributed by atoms with Crippen LogP contribution in [0.4, 0.5) is 0 Å². The highest BCUT2D eigenvalue weighted by Gasteiger charge is 1.97. The summed E-state index contributed by atoms with van der Waals surface area (Å²) < 4.78 is 8.94. The third-order valence-electron chi connectivity index (χ3n) is 0.901. The van der Waals surface area contributed by atoms with Gasteiger partial charge in [-0.15, -0.1) is 0 Å². The third kappa shape index (κ3) is 2.33. The van der Waals surface area contributed by atoms with Crippen LogP contribution >= 0.6 is 11.5 Å². The molecule has 0 bridgehead atoms. The Morgan fingerprint density at radius 1 is 1.90 bits per heavy atom. The van der Waals surface area contributed by atoms with Crippen molar-refractivity contribution in [2.75, 3.05) is 6.61 Å². The van der Waals surface area contributed by atoms with Gasteiger partial charge in [-0.05, 0) is 18.5 Å². The minimum atomic E-state index is -0.417. The molecule has 1 aromatic rings. The van der Waals surface area contributed by atoms with E-state index >= 15 is 0 Å². The molecule has 0 amide bonds. The predicted octanol–water partition coefficient (Wildman–Crippen LogP) is 0.903. The van der Waals surface area contributed by atoms with Crippen LogP contribution in [0.1, 0.15) is 6.92 Å². The number of rotatable bonds is 3. The van der Waals surface area contributed by atoms with Gasteiger partial charge in [-0.3, -0.25) is 0 Å². The average Bonchev–Trinajstić information content (AvgIpc) is 2.34. The van der Waals surface area contributed by atoms with Gasteiger partial charge in [0, 0.05) is 0 Å². The van der Waals surface area contributed by atoms with Crippen LogP contribution in [-0.2, 0) is 0 Å². The Balaban J connectivity index is 2.28. The molecule has 0 radical (unpaired) electrons. The molecule has 1 N–H and O–H groups in total. The lowest BCUT2D eigenvalue weighted by Crippen LogP contribution is -2.12. The molecule has 1 atom stereocenters. The first-order valence-corrected chi connectivity index (χ1v) is 3.83. The number of hydrogen-bond donors (Lipinski definition) is 1. The molecule has 0 saturated heterocycles. The van der Waals surface area contributed by atoms with Crippen molar-refractivity contribution in [1.29, 1.82) is 0 Å². The summed E-state index contributed by atoms with van der Waals surface area (Å²) in [5, 5.41) is 10.6. The molecule has 4 heteroatoms. The number of aromatic nitrogens is 1. The minimum absolute atomic E-state index is 0.332. The Labute approximate surface area is 63.4 Å². The van der Waals surface area contributed by atoms with Gasteiger partial charge < -0.3 is 9.84 Å². The minimum Gasteiger partial charge on any atom is -0.488 e. The van der Waals surface area contributed by atoms with Crippen molar-refractivity contribution in [2.45, 2.75) is 13.0 Å². The zero-order valence-corrected chi connectivity index (χ0v) is 6.47. The highest BCUT2D eigenvalue weighted by molar-refractivity contribution is 7.03. The summed E-state index contributed by atoms with van der Waals surface area (Å²) >= 11 is 1.33. The van der Waals surface area contributed by atoms with E-state index in [0.29, 0.717) is 6.61 Å². The number of nitrogens with zero attached hydrogens (tertiary/aromatic N) is 1. The second kappa shape index (κ2) is 3.53. The largest absolute Gasteiger partial charge is 0.488 e. The first kappa shape index (κ1) is 7.50. The summed E-state index contributed by atoms with van der Waals surface area (Å²) in [5.41, 5.74) is 0. The second-order valence-corrected chi connectivity index (χ2v) is 2.68. The number of aliphatic hydroxyl groups excluding tert-OH is 1. The highest BCUT2D eigenvalue weighted by atomic mass is 32.1. The molecule has 0 aliphatic heterocycles. The van der Waals surface area contributed by atoms with Crippen LogP contribution in [-0.4, -0.2) is 22.2 Å².